The van der Waals surface area contributed by atoms with E-state index in [1.807, 2.05) is 30.3 Å². The first kappa shape index (κ1) is 19.3. The van der Waals surface area contributed by atoms with Gasteiger partial charge in [0.1, 0.15) is 10.1 Å². The van der Waals surface area contributed by atoms with Crippen LogP contribution in [0.2, 0.25) is 0 Å². The molecular weight excluding hydrogens is 382 g/mol. The van der Waals surface area contributed by atoms with Crippen LogP contribution in [0.15, 0.2) is 58.1 Å². The molecule has 2 heterocycles. The van der Waals surface area contributed by atoms with E-state index in [0.29, 0.717) is 33.7 Å². The molecule has 5 nitrogen and oxygen atoms in total. The number of methoxy groups -OCH3 is 2. The van der Waals surface area contributed by atoms with Crippen LogP contribution in [0.3, 0.4) is 0 Å². The quantitative estimate of drug-likeness (QED) is 0.509. The summed E-state index contributed by atoms with van der Waals surface area (Å²) >= 11 is 6.68. The molecule has 0 aliphatic carbocycles. The lowest BCUT2D eigenvalue weighted by Gasteiger charge is -2.15. The Morgan fingerprint density at radius 1 is 1.22 bits per heavy atom. The number of thiocarbonyl (C=S) groups is 1. The maximum Gasteiger partial charge on any atom is 0.266 e. The Hall–Kier alpha value is -2.51. The zero-order valence-electron chi connectivity index (χ0n) is 15.0. The second-order valence-electron chi connectivity index (χ2n) is 5.67. The molecule has 0 N–H and O–H groups in total. The molecule has 1 fully saturated rings. The fourth-order valence-corrected chi connectivity index (χ4v) is 3.86. The Morgan fingerprint density at radius 2 is 2.04 bits per heavy atom. The normalized spacial score (nSPS) is 15.9. The van der Waals surface area contributed by atoms with Gasteiger partial charge in [-0.25, -0.2) is 0 Å². The summed E-state index contributed by atoms with van der Waals surface area (Å²) in [5, 5.41) is 0. The van der Waals surface area contributed by atoms with Gasteiger partial charge in [0, 0.05) is 6.54 Å². The van der Waals surface area contributed by atoms with Crippen molar-refractivity contribution < 1.29 is 18.7 Å². The van der Waals surface area contributed by atoms with Crippen molar-refractivity contribution in [1.82, 2.24) is 4.90 Å². The number of hydrogen-bond donors (Lipinski definition) is 0. The predicted octanol–water partition coefficient (Wildman–Crippen LogP) is 4.30. The van der Waals surface area contributed by atoms with Crippen molar-refractivity contribution in [3.8, 4) is 11.5 Å². The molecule has 0 radical (unpaired) electrons. The summed E-state index contributed by atoms with van der Waals surface area (Å²) in [4.78, 5) is 14.8. The van der Waals surface area contributed by atoms with E-state index in [1.54, 1.807) is 43.6 Å². The molecule has 1 amide bonds. The number of hydrogen-bond acceptors (Lipinski definition) is 6. The van der Waals surface area contributed by atoms with E-state index in [9.17, 15) is 4.79 Å². The number of thioether (sulfide) groups is 1. The summed E-state index contributed by atoms with van der Waals surface area (Å²) in [7, 11) is 3.20. The highest BCUT2D eigenvalue weighted by Crippen LogP contribution is 2.32. The number of benzene rings is 1. The molecule has 1 aromatic heterocycles. The Balaban J connectivity index is 1.64. The van der Waals surface area contributed by atoms with Crippen LogP contribution in [0.1, 0.15) is 11.3 Å². The summed E-state index contributed by atoms with van der Waals surface area (Å²) in [5.74, 6) is 2.01. The average Bonchev–Trinajstić information content (AvgIpc) is 3.28. The molecule has 3 rings (SSSR count). The van der Waals surface area contributed by atoms with E-state index in [0.717, 1.165) is 11.3 Å². The van der Waals surface area contributed by atoms with Gasteiger partial charge in [0.25, 0.3) is 5.91 Å². The van der Waals surface area contributed by atoms with Crippen molar-refractivity contribution in [1.29, 1.82) is 0 Å². The number of furan rings is 1. The summed E-state index contributed by atoms with van der Waals surface area (Å²) in [5.41, 5.74) is 1.04. The Labute approximate surface area is 167 Å². The Kier molecular flexibility index (Phi) is 6.36. The van der Waals surface area contributed by atoms with Crippen LogP contribution in [0.4, 0.5) is 0 Å². The smallest absolute Gasteiger partial charge is 0.266 e. The maximum atomic E-state index is 12.6. The van der Waals surface area contributed by atoms with E-state index < -0.39 is 0 Å². The van der Waals surface area contributed by atoms with Crippen molar-refractivity contribution in [3.63, 3.8) is 0 Å². The lowest BCUT2D eigenvalue weighted by atomic mass is 10.1. The van der Waals surface area contributed by atoms with Gasteiger partial charge in [-0.3, -0.25) is 9.69 Å². The minimum absolute atomic E-state index is 0.0745. The van der Waals surface area contributed by atoms with Gasteiger partial charge >= 0.3 is 0 Å². The van der Waals surface area contributed by atoms with Crippen LogP contribution in [0, 0.1) is 0 Å². The maximum absolute atomic E-state index is 12.6. The van der Waals surface area contributed by atoms with Crippen molar-refractivity contribution in [2.75, 3.05) is 20.8 Å². The molecule has 0 bridgehead atoms. The molecule has 0 unspecified atom stereocenters. The second kappa shape index (κ2) is 8.92. The van der Waals surface area contributed by atoms with Crippen LogP contribution in [0.25, 0.3) is 6.08 Å². The van der Waals surface area contributed by atoms with E-state index in [4.69, 9.17) is 26.1 Å². The topological polar surface area (TPSA) is 51.9 Å². The van der Waals surface area contributed by atoms with Crippen LogP contribution >= 0.6 is 24.0 Å². The minimum atomic E-state index is -0.0745. The van der Waals surface area contributed by atoms with E-state index in [1.165, 1.54) is 11.8 Å². The van der Waals surface area contributed by atoms with Crippen LogP contribution in [-0.4, -0.2) is 35.9 Å². The molecule has 0 atom stereocenters. The van der Waals surface area contributed by atoms with Crippen molar-refractivity contribution >= 4 is 40.3 Å². The van der Waals surface area contributed by atoms with Crippen molar-refractivity contribution in [2.24, 2.45) is 0 Å². The zero-order valence-corrected chi connectivity index (χ0v) is 16.6. The summed E-state index contributed by atoms with van der Waals surface area (Å²) in [6, 6.07) is 9.39. The number of amides is 1. The van der Waals surface area contributed by atoms with Crippen LogP contribution in [-0.2, 0) is 11.2 Å². The zero-order chi connectivity index (χ0) is 19.2. The largest absolute Gasteiger partial charge is 0.493 e. The molecule has 1 saturated heterocycles. The summed E-state index contributed by atoms with van der Waals surface area (Å²) < 4.78 is 16.4. The van der Waals surface area contributed by atoms with E-state index in [2.05, 4.69) is 0 Å². The molecule has 1 aromatic carbocycles. The lowest BCUT2D eigenvalue weighted by molar-refractivity contribution is -0.122. The molecular formula is C20H19NO4S2. The molecule has 0 spiro atoms. The molecule has 27 heavy (non-hydrogen) atoms. The summed E-state index contributed by atoms with van der Waals surface area (Å²) in [6.45, 7) is 0.513. The van der Waals surface area contributed by atoms with Crippen LogP contribution < -0.4 is 9.47 Å². The van der Waals surface area contributed by atoms with Gasteiger partial charge in [-0.1, -0.05) is 36.1 Å². The fourth-order valence-electron chi connectivity index (χ4n) is 2.60. The summed E-state index contributed by atoms with van der Waals surface area (Å²) in [6.07, 6.45) is 7.63. The number of rotatable bonds is 7. The third kappa shape index (κ3) is 4.61. The van der Waals surface area contributed by atoms with Gasteiger partial charge in [0.2, 0.25) is 0 Å². The standard InChI is InChI=1S/C20H19NO4S2/c1-23-16-9-8-14(13-17(16)24-2)10-11-21-19(22)18(27-20(21)26)7-3-5-15-6-4-12-25-15/h3-9,12-13H,10-11H2,1-2H3/b5-3+,18-7+. The van der Waals surface area contributed by atoms with Crippen molar-refractivity contribution in [3.05, 3.63) is 65.0 Å². The number of ether oxygens (including phenoxy) is 2. The first-order valence-electron chi connectivity index (χ1n) is 8.29. The monoisotopic (exact) mass is 401 g/mol. The van der Waals surface area contributed by atoms with Gasteiger partial charge in [-0.05, 0) is 48.4 Å². The molecule has 0 saturated carbocycles. The molecule has 7 heteroatoms. The minimum Gasteiger partial charge on any atom is -0.493 e. The van der Waals surface area contributed by atoms with Gasteiger partial charge in [0.15, 0.2) is 11.5 Å². The first-order chi connectivity index (χ1) is 13.1. The van der Waals surface area contributed by atoms with E-state index >= 15 is 0 Å². The van der Waals surface area contributed by atoms with Crippen molar-refractivity contribution in [2.45, 2.75) is 6.42 Å². The number of carbonyl (C=O) groups excluding carboxylic acids is 1. The van der Waals surface area contributed by atoms with Gasteiger partial charge < -0.3 is 13.9 Å². The third-order valence-corrected chi connectivity index (χ3v) is 5.39. The highest BCUT2D eigenvalue weighted by atomic mass is 32.2. The number of allylic oxidation sites excluding steroid dienone is 2. The van der Waals surface area contributed by atoms with Gasteiger partial charge in [-0.15, -0.1) is 0 Å². The highest BCUT2D eigenvalue weighted by molar-refractivity contribution is 8.26. The van der Waals surface area contributed by atoms with E-state index in [-0.39, 0.29) is 5.91 Å². The third-order valence-electron chi connectivity index (χ3n) is 4.00. The molecule has 140 valence electrons. The first-order valence-corrected chi connectivity index (χ1v) is 9.51. The molecule has 2 aromatic rings. The highest BCUT2D eigenvalue weighted by Gasteiger charge is 2.31. The molecule has 1 aliphatic heterocycles. The molecule has 1 aliphatic rings. The van der Waals surface area contributed by atoms with Gasteiger partial charge in [-0.2, -0.15) is 0 Å². The lowest BCUT2D eigenvalue weighted by Crippen LogP contribution is -2.30. The SMILES string of the molecule is COc1ccc(CCN2C(=O)/C(=C\C=C\c3ccco3)SC2=S)cc1OC. The Morgan fingerprint density at radius 3 is 2.74 bits per heavy atom. The van der Waals surface area contributed by atoms with Crippen LogP contribution in [0.5, 0.6) is 11.5 Å². The number of nitrogens with zero attached hydrogens (tertiary/aromatic N) is 1. The fraction of sp³-hybridized carbons (Fsp3) is 0.200. The second-order valence-corrected chi connectivity index (χ2v) is 7.35. The number of carbonyl (C=O) groups is 1. The Bertz CT molecular complexity index is 887. The van der Waals surface area contributed by atoms with Gasteiger partial charge in [0.05, 0.1) is 25.4 Å². The average molecular weight is 402 g/mol. The predicted molar refractivity (Wildman–Crippen MR) is 111 cm³/mol.